The van der Waals surface area contributed by atoms with Gasteiger partial charge in [0.1, 0.15) is 5.82 Å². The highest BCUT2D eigenvalue weighted by Gasteiger charge is 2.37. The predicted molar refractivity (Wildman–Crippen MR) is 110 cm³/mol. The molecule has 1 amide bonds. The number of imidazole rings is 1. The lowest BCUT2D eigenvalue weighted by molar-refractivity contribution is -0.125. The summed E-state index contributed by atoms with van der Waals surface area (Å²) in [6, 6.07) is 6.52. The molecule has 28 heavy (non-hydrogen) atoms. The fourth-order valence-corrected chi connectivity index (χ4v) is 4.57. The summed E-state index contributed by atoms with van der Waals surface area (Å²) in [6.07, 6.45) is 4.42. The highest BCUT2D eigenvalue weighted by molar-refractivity contribution is 7.99. The fraction of sp³-hybridized carbons (Fsp3) is 0.500. The van der Waals surface area contributed by atoms with Crippen molar-refractivity contribution in [2.24, 2.45) is 7.05 Å². The molecule has 8 heteroatoms. The molecule has 0 unspecified atom stereocenters. The summed E-state index contributed by atoms with van der Waals surface area (Å²) < 4.78 is 16.1. The van der Waals surface area contributed by atoms with Crippen LogP contribution in [0.15, 0.2) is 41.8 Å². The first-order valence-corrected chi connectivity index (χ1v) is 10.4. The topological polar surface area (TPSA) is 53.4 Å². The zero-order valence-electron chi connectivity index (χ0n) is 16.6. The van der Waals surface area contributed by atoms with E-state index in [1.165, 1.54) is 6.07 Å². The maximum absolute atomic E-state index is 14.2. The Morgan fingerprint density at radius 1 is 1.39 bits per heavy atom. The van der Waals surface area contributed by atoms with E-state index in [1.807, 2.05) is 42.9 Å². The standard InChI is InChI=1S/C20H28FN5OS/c1-24(2)10-8-22-19(27)18-12-16(28-20-23-9-11-25(20)3)14-26(18)13-15-6-4-5-7-17(15)21/h4-7,9,11,16,18H,8,10,12-14H2,1-3H3,(H,22,27)/t16-,18+/m1/s1. The lowest BCUT2D eigenvalue weighted by Gasteiger charge is -2.24. The number of thioether (sulfide) groups is 1. The first kappa shape index (κ1) is 20.8. The number of aromatic nitrogens is 2. The predicted octanol–water partition coefficient (Wildman–Crippen LogP) is 1.97. The highest BCUT2D eigenvalue weighted by Crippen LogP contribution is 2.33. The van der Waals surface area contributed by atoms with Gasteiger partial charge in [0.2, 0.25) is 5.91 Å². The Morgan fingerprint density at radius 3 is 2.86 bits per heavy atom. The maximum atomic E-state index is 14.2. The second-order valence-corrected chi connectivity index (χ2v) is 8.69. The number of likely N-dealkylation sites (tertiary alicyclic amines) is 1. The number of carbonyl (C=O) groups is 1. The molecule has 1 N–H and O–H groups in total. The number of carbonyl (C=O) groups excluding carboxylic acids is 1. The summed E-state index contributed by atoms with van der Waals surface area (Å²) in [5.74, 6) is -0.212. The van der Waals surface area contributed by atoms with Crippen molar-refractivity contribution in [1.82, 2.24) is 24.7 Å². The molecule has 6 nitrogen and oxygen atoms in total. The molecule has 152 valence electrons. The molecule has 1 aromatic carbocycles. The SMILES string of the molecule is CN(C)CCNC(=O)[C@@H]1C[C@@H](Sc2nccn2C)CN1Cc1ccccc1F. The molecule has 0 spiro atoms. The van der Waals surface area contributed by atoms with E-state index in [-0.39, 0.29) is 23.0 Å². The van der Waals surface area contributed by atoms with Gasteiger partial charge in [0.25, 0.3) is 0 Å². The third-order valence-corrected chi connectivity index (χ3v) is 6.19. The van der Waals surface area contributed by atoms with Gasteiger partial charge in [-0.15, -0.1) is 0 Å². The van der Waals surface area contributed by atoms with Crippen LogP contribution in [0.5, 0.6) is 0 Å². The van der Waals surface area contributed by atoms with Crippen molar-refractivity contribution in [3.05, 3.63) is 48.0 Å². The van der Waals surface area contributed by atoms with E-state index in [9.17, 15) is 9.18 Å². The quantitative estimate of drug-likeness (QED) is 0.728. The lowest BCUT2D eigenvalue weighted by atomic mass is 10.1. The molecule has 0 saturated carbocycles. The van der Waals surface area contributed by atoms with Crippen LogP contribution in [0.2, 0.25) is 0 Å². The molecule has 1 aliphatic rings. The van der Waals surface area contributed by atoms with Crippen molar-refractivity contribution in [2.45, 2.75) is 29.4 Å². The van der Waals surface area contributed by atoms with Gasteiger partial charge in [-0.3, -0.25) is 9.69 Å². The van der Waals surface area contributed by atoms with Gasteiger partial charge in [-0.05, 0) is 26.6 Å². The van der Waals surface area contributed by atoms with E-state index >= 15 is 0 Å². The second kappa shape index (κ2) is 9.54. The Labute approximate surface area is 170 Å². The van der Waals surface area contributed by atoms with Crippen LogP contribution in [-0.2, 0) is 18.4 Å². The molecule has 1 aliphatic heterocycles. The third-order valence-electron chi connectivity index (χ3n) is 4.91. The molecule has 1 fully saturated rings. The number of hydrogen-bond acceptors (Lipinski definition) is 5. The largest absolute Gasteiger partial charge is 0.353 e. The van der Waals surface area contributed by atoms with E-state index in [2.05, 4.69) is 15.2 Å². The van der Waals surface area contributed by atoms with E-state index < -0.39 is 0 Å². The molecule has 0 radical (unpaired) electrons. The van der Waals surface area contributed by atoms with Crippen molar-refractivity contribution in [1.29, 1.82) is 0 Å². The van der Waals surface area contributed by atoms with Gasteiger partial charge in [0, 0.05) is 56.4 Å². The summed E-state index contributed by atoms with van der Waals surface area (Å²) in [6.45, 7) is 2.54. The van der Waals surface area contributed by atoms with Crippen molar-refractivity contribution < 1.29 is 9.18 Å². The van der Waals surface area contributed by atoms with Crippen LogP contribution in [0.1, 0.15) is 12.0 Å². The molecule has 0 bridgehead atoms. The average Bonchev–Trinajstić information content (AvgIpc) is 3.23. The molecular weight excluding hydrogens is 377 g/mol. The molecule has 1 saturated heterocycles. The molecule has 2 aromatic rings. The number of nitrogens with zero attached hydrogens (tertiary/aromatic N) is 4. The van der Waals surface area contributed by atoms with E-state index in [0.29, 0.717) is 18.7 Å². The Bertz CT molecular complexity index is 796. The van der Waals surface area contributed by atoms with Crippen LogP contribution in [0.25, 0.3) is 0 Å². The molecule has 2 heterocycles. The van der Waals surface area contributed by atoms with E-state index in [1.54, 1.807) is 30.1 Å². The number of aryl methyl sites for hydroxylation is 1. The van der Waals surface area contributed by atoms with Gasteiger partial charge in [-0.2, -0.15) is 0 Å². The van der Waals surface area contributed by atoms with Crippen LogP contribution in [-0.4, -0.2) is 70.3 Å². The lowest BCUT2D eigenvalue weighted by Crippen LogP contribution is -2.44. The highest BCUT2D eigenvalue weighted by atomic mass is 32.2. The minimum Gasteiger partial charge on any atom is -0.353 e. The Balaban J connectivity index is 1.70. The first-order valence-electron chi connectivity index (χ1n) is 9.48. The van der Waals surface area contributed by atoms with Crippen LogP contribution >= 0.6 is 11.8 Å². The Kier molecular flexibility index (Phi) is 7.09. The van der Waals surface area contributed by atoms with Gasteiger partial charge < -0.3 is 14.8 Å². The van der Waals surface area contributed by atoms with Crippen LogP contribution in [0.3, 0.4) is 0 Å². The maximum Gasteiger partial charge on any atom is 0.237 e. The van der Waals surface area contributed by atoms with Crippen LogP contribution in [0, 0.1) is 5.82 Å². The number of nitrogens with one attached hydrogen (secondary N) is 1. The van der Waals surface area contributed by atoms with Crippen molar-refractivity contribution in [3.8, 4) is 0 Å². The second-order valence-electron chi connectivity index (χ2n) is 7.43. The number of benzene rings is 1. The normalized spacial score (nSPS) is 20.0. The average molecular weight is 406 g/mol. The molecule has 2 atom stereocenters. The zero-order chi connectivity index (χ0) is 20.1. The third kappa shape index (κ3) is 5.33. The van der Waals surface area contributed by atoms with E-state index in [4.69, 9.17) is 0 Å². The summed E-state index contributed by atoms with van der Waals surface area (Å²) in [5.41, 5.74) is 0.622. The number of rotatable bonds is 8. The Morgan fingerprint density at radius 2 is 2.18 bits per heavy atom. The number of likely N-dealkylation sites (N-methyl/N-ethyl adjacent to an activating group) is 1. The monoisotopic (exact) mass is 405 g/mol. The molecular formula is C20H28FN5OS. The van der Waals surface area contributed by atoms with Gasteiger partial charge in [-0.25, -0.2) is 9.37 Å². The molecule has 0 aliphatic carbocycles. The summed E-state index contributed by atoms with van der Waals surface area (Å²) in [5, 5.41) is 4.20. The van der Waals surface area contributed by atoms with Crippen molar-refractivity contribution in [3.63, 3.8) is 0 Å². The van der Waals surface area contributed by atoms with Crippen LogP contribution in [0.4, 0.5) is 4.39 Å². The van der Waals surface area contributed by atoms with Crippen molar-refractivity contribution >= 4 is 17.7 Å². The first-order chi connectivity index (χ1) is 13.4. The summed E-state index contributed by atoms with van der Waals surface area (Å²) in [4.78, 5) is 21.3. The number of amides is 1. The number of hydrogen-bond donors (Lipinski definition) is 1. The van der Waals surface area contributed by atoms with Gasteiger partial charge in [0.05, 0.1) is 6.04 Å². The van der Waals surface area contributed by atoms with Gasteiger partial charge in [0.15, 0.2) is 5.16 Å². The van der Waals surface area contributed by atoms with Crippen LogP contribution < -0.4 is 5.32 Å². The molecule has 3 rings (SSSR count). The number of halogens is 1. The zero-order valence-corrected chi connectivity index (χ0v) is 17.5. The minimum atomic E-state index is -0.264. The summed E-state index contributed by atoms with van der Waals surface area (Å²) >= 11 is 1.68. The van der Waals surface area contributed by atoms with E-state index in [0.717, 1.165) is 24.7 Å². The Hall–Kier alpha value is -1.90. The smallest absolute Gasteiger partial charge is 0.237 e. The van der Waals surface area contributed by atoms with Crippen molar-refractivity contribution in [2.75, 3.05) is 33.7 Å². The minimum absolute atomic E-state index is 0.0149. The molecule has 1 aromatic heterocycles. The van der Waals surface area contributed by atoms with Gasteiger partial charge in [-0.1, -0.05) is 30.0 Å². The van der Waals surface area contributed by atoms with Gasteiger partial charge >= 0.3 is 0 Å². The summed E-state index contributed by atoms with van der Waals surface area (Å²) in [7, 11) is 5.92. The fourth-order valence-electron chi connectivity index (χ4n) is 3.37.